The Balaban J connectivity index is 1.04. The van der Waals surface area contributed by atoms with E-state index in [0.717, 1.165) is 76.2 Å². The standard InChI is InChI=1S/C46H59N9O5/c1-25(2)40(52-45(57)59-8)29(7)54-27(5)10-20-38(54)42-47-23-36(50-42)31-14-12-30(13-15-31)32-16-18-34-33(22-32)17-19-35(49-34)37-24-48-43(51-37)39-21-11-28(6)55(39)44(56)41(26(3)4)53-46(58)60-9/h12-19,22-29,38-41H,10-11,20-21H2,1-9H3,(H,47,50)(H,48,51)(H,52,57)(H,53,58)/t27-,28-,29?,38?,39-,40-,41-/m0/s1. The number of nitrogens with zero attached hydrogens (tertiary/aromatic N) is 5. The number of benzene rings is 2. The molecule has 3 aromatic heterocycles. The van der Waals surface area contributed by atoms with Crippen molar-refractivity contribution in [2.24, 2.45) is 11.8 Å². The molecule has 14 heteroatoms. The Kier molecular flexibility index (Phi) is 12.6. The molecule has 2 unspecified atom stereocenters. The van der Waals surface area contributed by atoms with Gasteiger partial charge in [0, 0.05) is 29.6 Å². The monoisotopic (exact) mass is 817 g/mol. The highest BCUT2D eigenvalue weighted by Gasteiger charge is 2.42. The van der Waals surface area contributed by atoms with Crippen molar-refractivity contribution in [3.8, 4) is 33.8 Å². The number of H-pyrrole nitrogens is 2. The largest absolute Gasteiger partial charge is 0.453 e. The first-order chi connectivity index (χ1) is 28.8. The van der Waals surface area contributed by atoms with Gasteiger partial charge in [-0.05, 0) is 93.2 Å². The Morgan fingerprint density at radius 1 is 0.700 bits per heavy atom. The number of imidazole rings is 2. The lowest BCUT2D eigenvalue weighted by molar-refractivity contribution is -0.137. The molecule has 5 aromatic rings. The topological polar surface area (TPSA) is 170 Å². The van der Waals surface area contributed by atoms with Crippen LogP contribution in [0.4, 0.5) is 9.59 Å². The molecule has 5 heterocycles. The number of rotatable bonds is 12. The van der Waals surface area contributed by atoms with Crippen LogP contribution >= 0.6 is 0 Å². The Morgan fingerprint density at radius 3 is 1.98 bits per heavy atom. The molecule has 0 radical (unpaired) electrons. The third-order valence-electron chi connectivity index (χ3n) is 12.5. The van der Waals surface area contributed by atoms with Gasteiger partial charge in [0.15, 0.2) is 0 Å². The van der Waals surface area contributed by atoms with E-state index in [4.69, 9.17) is 24.4 Å². The number of likely N-dealkylation sites (tertiary alicyclic amines) is 2. The maximum Gasteiger partial charge on any atom is 0.407 e. The molecule has 0 bridgehead atoms. The summed E-state index contributed by atoms with van der Waals surface area (Å²) in [4.78, 5) is 64.0. The van der Waals surface area contributed by atoms with E-state index in [-0.39, 0.29) is 48.0 Å². The number of aromatic nitrogens is 5. The van der Waals surface area contributed by atoms with Crippen LogP contribution in [0.5, 0.6) is 0 Å². The van der Waals surface area contributed by atoms with Gasteiger partial charge in [-0.2, -0.15) is 0 Å². The Labute approximate surface area is 352 Å². The van der Waals surface area contributed by atoms with Crippen LogP contribution in [0, 0.1) is 11.8 Å². The second-order valence-corrected chi connectivity index (χ2v) is 17.1. The fourth-order valence-electron chi connectivity index (χ4n) is 9.26. The smallest absolute Gasteiger partial charge is 0.407 e. The second-order valence-electron chi connectivity index (χ2n) is 17.1. The summed E-state index contributed by atoms with van der Waals surface area (Å²) in [6, 6.07) is 18.4. The van der Waals surface area contributed by atoms with Gasteiger partial charge in [-0.25, -0.2) is 24.5 Å². The lowest BCUT2D eigenvalue weighted by atomic mass is 9.95. The number of pyridine rings is 1. The molecule has 4 N–H and O–H groups in total. The fourth-order valence-corrected chi connectivity index (χ4v) is 9.26. The van der Waals surface area contributed by atoms with Crippen LogP contribution in [0.15, 0.2) is 67.0 Å². The zero-order valence-corrected chi connectivity index (χ0v) is 36.2. The van der Waals surface area contributed by atoms with Crippen LogP contribution in [-0.4, -0.2) is 97.2 Å². The molecule has 3 amide bonds. The molecule has 318 valence electrons. The van der Waals surface area contributed by atoms with Crippen molar-refractivity contribution in [1.29, 1.82) is 0 Å². The minimum absolute atomic E-state index is 0.00582. The van der Waals surface area contributed by atoms with Crippen LogP contribution in [0.25, 0.3) is 44.7 Å². The molecule has 2 saturated heterocycles. The van der Waals surface area contributed by atoms with Crippen molar-refractivity contribution in [2.45, 2.75) is 116 Å². The van der Waals surface area contributed by atoms with Gasteiger partial charge in [0.2, 0.25) is 5.91 Å². The highest BCUT2D eigenvalue weighted by molar-refractivity contribution is 5.87. The summed E-state index contributed by atoms with van der Waals surface area (Å²) in [5.41, 5.74) is 6.59. The third kappa shape index (κ3) is 8.61. The van der Waals surface area contributed by atoms with Gasteiger partial charge in [0.05, 0.1) is 61.3 Å². The maximum atomic E-state index is 13.8. The SMILES string of the molecule is COC(=O)N[C@@H](C(C)C)C(C)N1C(c2ncc(-c3ccc(-c4ccc5nc(-c6cnc([C@@H]7CC[C@H](C)N7C(=O)[C@@H](NC(=O)OC)C(C)C)[nH]6)ccc5c4)cc3)[nH]2)CC[C@@H]1C. The molecule has 7 atom stereocenters. The van der Waals surface area contributed by atoms with Gasteiger partial charge in [0.25, 0.3) is 0 Å². The summed E-state index contributed by atoms with van der Waals surface area (Å²) in [5, 5.41) is 6.81. The Morgan fingerprint density at radius 2 is 1.30 bits per heavy atom. The van der Waals surface area contributed by atoms with Crippen LogP contribution in [0.3, 0.4) is 0 Å². The number of aromatic amines is 2. The van der Waals surface area contributed by atoms with Crippen LogP contribution in [0.2, 0.25) is 0 Å². The first-order valence-electron chi connectivity index (χ1n) is 21.2. The minimum atomic E-state index is -0.708. The van der Waals surface area contributed by atoms with E-state index >= 15 is 0 Å². The normalized spacial score (nSPS) is 21.0. The number of carbonyl (C=O) groups is 3. The van der Waals surface area contributed by atoms with Crippen LogP contribution in [-0.2, 0) is 14.3 Å². The van der Waals surface area contributed by atoms with Gasteiger partial charge < -0.3 is 35.0 Å². The molecule has 0 spiro atoms. The molecular weight excluding hydrogens is 759 g/mol. The lowest BCUT2D eigenvalue weighted by Gasteiger charge is -2.39. The number of nitrogens with one attached hydrogen (secondary N) is 4. The molecule has 2 aliphatic rings. The van der Waals surface area contributed by atoms with Gasteiger partial charge >= 0.3 is 12.2 Å². The molecular formula is C46H59N9O5. The first kappa shape index (κ1) is 42.4. The maximum absolute atomic E-state index is 13.8. The molecule has 0 aliphatic carbocycles. The highest BCUT2D eigenvalue weighted by atomic mass is 16.5. The number of amides is 3. The summed E-state index contributed by atoms with van der Waals surface area (Å²) in [6.07, 6.45) is 6.29. The average molecular weight is 818 g/mol. The predicted octanol–water partition coefficient (Wildman–Crippen LogP) is 8.41. The summed E-state index contributed by atoms with van der Waals surface area (Å²) < 4.78 is 9.74. The average Bonchev–Trinajstić information content (AvgIpc) is 4.08. The summed E-state index contributed by atoms with van der Waals surface area (Å²) in [7, 11) is 2.70. The van der Waals surface area contributed by atoms with Crippen molar-refractivity contribution in [2.75, 3.05) is 14.2 Å². The van der Waals surface area contributed by atoms with Gasteiger partial charge in [0.1, 0.15) is 17.7 Å². The number of hydrogen-bond acceptors (Lipinski definition) is 9. The summed E-state index contributed by atoms with van der Waals surface area (Å²) in [6.45, 7) is 14.5. The number of alkyl carbamates (subject to hydrolysis) is 2. The number of fused-ring (bicyclic) bond motifs is 1. The van der Waals surface area contributed by atoms with E-state index < -0.39 is 18.2 Å². The van der Waals surface area contributed by atoms with Gasteiger partial charge in [-0.3, -0.25) is 9.69 Å². The fraction of sp³-hybridized carbons (Fsp3) is 0.478. The molecule has 2 fully saturated rings. The van der Waals surface area contributed by atoms with Crippen LogP contribution in [0.1, 0.15) is 97.9 Å². The van der Waals surface area contributed by atoms with E-state index in [2.05, 4.69) is 95.7 Å². The molecule has 2 aromatic carbocycles. The quantitative estimate of drug-likeness (QED) is 0.0966. The number of ether oxygens (including phenoxy) is 2. The minimum Gasteiger partial charge on any atom is -0.453 e. The Hall–Kier alpha value is -5.76. The van der Waals surface area contributed by atoms with E-state index in [9.17, 15) is 14.4 Å². The lowest BCUT2D eigenvalue weighted by Crippen LogP contribution is -2.54. The van der Waals surface area contributed by atoms with E-state index in [0.29, 0.717) is 11.9 Å². The zero-order valence-electron chi connectivity index (χ0n) is 36.2. The second kappa shape index (κ2) is 17.8. The Bertz CT molecular complexity index is 2300. The highest BCUT2D eigenvalue weighted by Crippen LogP contribution is 2.39. The number of methoxy groups -OCH3 is 2. The van der Waals surface area contributed by atoms with Crippen molar-refractivity contribution < 1.29 is 23.9 Å². The van der Waals surface area contributed by atoms with Crippen LogP contribution < -0.4 is 10.6 Å². The van der Waals surface area contributed by atoms with Gasteiger partial charge in [-0.1, -0.05) is 64.1 Å². The van der Waals surface area contributed by atoms with Gasteiger partial charge in [-0.15, -0.1) is 0 Å². The van der Waals surface area contributed by atoms with E-state index in [1.54, 1.807) is 6.20 Å². The number of hydrogen-bond donors (Lipinski definition) is 4. The summed E-state index contributed by atoms with van der Waals surface area (Å²) in [5.74, 6) is 1.60. The van der Waals surface area contributed by atoms with Crippen molar-refractivity contribution in [3.05, 3.63) is 78.6 Å². The van der Waals surface area contributed by atoms with Crippen molar-refractivity contribution in [3.63, 3.8) is 0 Å². The molecule has 2 aliphatic heterocycles. The third-order valence-corrected chi connectivity index (χ3v) is 12.5. The van der Waals surface area contributed by atoms with Crippen molar-refractivity contribution >= 4 is 29.0 Å². The predicted molar refractivity (Wildman–Crippen MR) is 232 cm³/mol. The van der Waals surface area contributed by atoms with E-state index in [1.807, 2.05) is 44.0 Å². The van der Waals surface area contributed by atoms with E-state index in [1.165, 1.54) is 14.2 Å². The molecule has 0 saturated carbocycles. The summed E-state index contributed by atoms with van der Waals surface area (Å²) >= 11 is 0. The molecule has 14 nitrogen and oxygen atoms in total. The number of carbonyl (C=O) groups excluding carboxylic acids is 3. The molecule has 60 heavy (non-hydrogen) atoms. The first-order valence-corrected chi connectivity index (χ1v) is 21.2. The zero-order chi connectivity index (χ0) is 42.8. The van der Waals surface area contributed by atoms with Crippen molar-refractivity contribution in [1.82, 2.24) is 45.4 Å². The molecule has 7 rings (SSSR count).